The van der Waals surface area contributed by atoms with Gasteiger partial charge in [-0.25, -0.2) is 0 Å². The van der Waals surface area contributed by atoms with Gasteiger partial charge < -0.3 is 15.5 Å². The molecule has 152 valence electrons. The average molecular weight is 374 g/mol. The van der Waals surface area contributed by atoms with Crippen molar-refractivity contribution in [2.45, 2.75) is 39.7 Å². The number of nitrogens with zero attached hydrogens (tertiary/aromatic N) is 3. The van der Waals surface area contributed by atoms with Crippen molar-refractivity contribution in [2.75, 3.05) is 52.9 Å². The molecule has 0 spiro atoms. The third kappa shape index (κ3) is 7.15. The lowest BCUT2D eigenvalue weighted by Crippen LogP contribution is -2.42. The van der Waals surface area contributed by atoms with E-state index in [9.17, 15) is 0 Å². The van der Waals surface area contributed by atoms with Gasteiger partial charge in [0.15, 0.2) is 5.96 Å². The summed E-state index contributed by atoms with van der Waals surface area (Å²) in [5.41, 5.74) is 1.34. The molecule has 5 nitrogen and oxygen atoms in total. The molecule has 0 amide bonds. The Morgan fingerprint density at radius 3 is 2.37 bits per heavy atom. The number of rotatable bonds is 9. The molecule has 2 rings (SSSR count). The molecule has 0 aliphatic carbocycles. The largest absolute Gasteiger partial charge is 0.357 e. The summed E-state index contributed by atoms with van der Waals surface area (Å²) in [7, 11) is 2.21. The highest BCUT2D eigenvalue weighted by molar-refractivity contribution is 5.79. The van der Waals surface area contributed by atoms with Crippen molar-refractivity contribution in [2.24, 2.45) is 10.9 Å². The molecule has 0 radical (unpaired) electrons. The van der Waals surface area contributed by atoms with Crippen LogP contribution in [0, 0.1) is 5.92 Å². The van der Waals surface area contributed by atoms with Crippen LogP contribution in [0.1, 0.15) is 45.2 Å². The van der Waals surface area contributed by atoms with E-state index in [1.807, 2.05) is 0 Å². The Labute approximate surface area is 166 Å². The van der Waals surface area contributed by atoms with E-state index in [0.717, 1.165) is 44.6 Å². The van der Waals surface area contributed by atoms with E-state index in [0.29, 0.717) is 6.04 Å². The van der Waals surface area contributed by atoms with Gasteiger partial charge in [-0.3, -0.25) is 9.89 Å². The summed E-state index contributed by atoms with van der Waals surface area (Å²) in [5, 5.41) is 7.01. The van der Waals surface area contributed by atoms with Gasteiger partial charge in [-0.2, -0.15) is 0 Å². The lowest BCUT2D eigenvalue weighted by atomic mass is 9.97. The van der Waals surface area contributed by atoms with E-state index in [2.05, 4.69) is 78.6 Å². The summed E-state index contributed by atoms with van der Waals surface area (Å²) in [4.78, 5) is 9.86. The van der Waals surface area contributed by atoms with Gasteiger partial charge in [-0.1, -0.05) is 44.2 Å². The molecule has 0 aromatic heterocycles. The van der Waals surface area contributed by atoms with Gasteiger partial charge in [0.05, 0.1) is 12.6 Å². The molecule has 1 heterocycles. The van der Waals surface area contributed by atoms with Crippen LogP contribution in [-0.4, -0.2) is 68.6 Å². The fourth-order valence-corrected chi connectivity index (χ4v) is 3.80. The molecule has 2 N–H and O–H groups in total. The van der Waals surface area contributed by atoms with Crippen molar-refractivity contribution in [3.8, 4) is 0 Å². The maximum atomic E-state index is 4.95. The second kappa shape index (κ2) is 12.0. The highest BCUT2D eigenvalue weighted by atomic mass is 15.2. The fraction of sp³-hybridized carbons (Fsp3) is 0.682. The minimum atomic E-state index is 0.319. The van der Waals surface area contributed by atoms with Crippen LogP contribution in [0.2, 0.25) is 0 Å². The molecular formula is C22H39N5. The summed E-state index contributed by atoms with van der Waals surface area (Å²) in [5.74, 6) is 1.70. The average Bonchev–Trinajstić information content (AvgIpc) is 2.71. The molecule has 1 aromatic rings. The molecule has 27 heavy (non-hydrogen) atoms. The third-order valence-corrected chi connectivity index (χ3v) is 5.60. The van der Waals surface area contributed by atoms with Crippen LogP contribution in [0.3, 0.4) is 0 Å². The van der Waals surface area contributed by atoms with Crippen molar-refractivity contribution in [3.63, 3.8) is 0 Å². The first kappa shape index (κ1) is 21.7. The maximum Gasteiger partial charge on any atom is 0.191 e. The SMILES string of the molecule is CCNC(=NCC(c1ccccc1)N(CC)CC)NCC1CCN(C)CC1. The molecule has 1 aromatic carbocycles. The Kier molecular flexibility index (Phi) is 9.64. The topological polar surface area (TPSA) is 42.9 Å². The zero-order valence-electron chi connectivity index (χ0n) is 17.7. The molecule has 1 unspecified atom stereocenters. The van der Waals surface area contributed by atoms with Gasteiger partial charge >= 0.3 is 0 Å². The predicted octanol–water partition coefficient (Wildman–Crippen LogP) is 2.97. The first-order valence-corrected chi connectivity index (χ1v) is 10.7. The van der Waals surface area contributed by atoms with Crippen LogP contribution in [0.5, 0.6) is 0 Å². The van der Waals surface area contributed by atoms with E-state index in [1.54, 1.807) is 0 Å². The normalized spacial score (nSPS) is 17.9. The van der Waals surface area contributed by atoms with Crippen molar-refractivity contribution in [1.82, 2.24) is 20.4 Å². The van der Waals surface area contributed by atoms with Crippen LogP contribution in [0.4, 0.5) is 0 Å². The number of benzene rings is 1. The number of likely N-dealkylation sites (N-methyl/N-ethyl adjacent to an activating group) is 1. The second-order valence-corrected chi connectivity index (χ2v) is 7.49. The van der Waals surface area contributed by atoms with E-state index in [4.69, 9.17) is 4.99 Å². The van der Waals surface area contributed by atoms with Gasteiger partial charge in [0.1, 0.15) is 0 Å². The van der Waals surface area contributed by atoms with Gasteiger partial charge in [0, 0.05) is 13.1 Å². The maximum absolute atomic E-state index is 4.95. The highest BCUT2D eigenvalue weighted by Crippen LogP contribution is 2.20. The standard InChI is InChI=1S/C22H39N5/c1-5-23-22(24-17-19-13-15-26(4)16-14-19)25-18-21(27(6-2)7-3)20-11-9-8-10-12-20/h8-12,19,21H,5-7,13-18H2,1-4H3,(H2,23,24,25). The zero-order valence-corrected chi connectivity index (χ0v) is 17.7. The van der Waals surface area contributed by atoms with Gasteiger partial charge in [0.2, 0.25) is 0 Å². The monoisotopic (exact) mass is 373 g/mol. The molecule has 1 fully saturated rings. The predicted molar refractivity (Wildman–Crippen MR) is 116 cm³/mol. The Morgan fingerprint density at radius 1 is 1.11 bits per heavy atom. The van der Waals surface area contributed by atoms with E-state index in [1.165, 1.54) is 31.5 Å². The van der Waals surface area contributed by atoms with E-state index in [-0.39, 0.29) is 0 Å². The first-order chi connectivity index (χ1) is 13.2. The van der Waals surface area contributed by atoms with E-state index < -0.39 is 0 Å². The number of likely N-dealkylation sites (tertiary alicyclic amines) is 1. The van der Waals surface area contributed by atoms with Gasteiger partial charge in [-0.05, 0) is 64.5 Å². The number of nitrogens with one attached hydrogen (secondary N) is 2. The number of hydrogen-bond donors (Lipinski definition) is 2. The minimum Gasteiger partial charge on any atom is -0.357 e. The lowest BCUT2D eigenvalue weighted by molar-refractivity contribution is 0.219. The number of guanidine groups is 1. The van der Waals surface area contributed by atoms with Crippen molar-refractivity contribution in [1.29, 1.82) is 0 Å². The molecule has 5 heteroatoms. The summed E-state index contributed by atoms with van der Waals surface area (Å²) >= 11 is 0. The Bertz CT molecular complexity index is 533. The lowest BCUT2D eigenvalue weighted by Gasteiger charge is -2.30. The second-order valence-electron chi connectivity index (χ2n) is 7.49. The summed E-state index contributed by atoms with van der Waals surface area (Å²) < 4.78 is 0. The van der Waals surface area contributed by atoms with Gasteiger partial charge in [0.25, 0.3) is 0 Å². The van der Waals surface area contributed by atoms with Gasteiger partial charge in [-0.15, -0.1) is 0 Å². The van der Waals surface area contributed by atoms with Crippen molar-refractivity contribution < 1.29 is 0 Å². The number of aliphatic imine (C=N–C) groups is 1. The minimum absolute atomic E-state index is 0.319. The summed E-state index contributed by atoms with van der Waals surface area (Å²) in [6.07, 6.45) is 2.55. The molecule has 1 atom stereocenters. The molecule has 0 saturated carbocycles. The molecule has 1 saturated heterocycles. The zero-order chi connectivity index (χ0) is 19.5. The molecule has 1 aliphatic rings. The number of hydrogen-bond acceptors (Lipinski definition) is 3. The first-order valence-electron chi connectivity index (χ1n) is 10.7. The van der Waals surface area contributed by atoms with E-state index >= 15 is 0 Å². The Hall–Kier alpha value is -1.59. The molecule has 0 bridgehead atoms. The molecular weight excluding hydrogens is 334 g/mol. The quantitative estimate of drug-likeness (QED) is 0.516. The summed E-state index contributed by atoms with van der Waals surface area (Å²) in [6.45, 7) is 13.7. The third-order valence-electron chi connectivity index (χ3n) is 5.60. The molecule has 1 aliphatic heterocycles. The fourth-order valence-electron chi connectivity index (χ4n) is 3.80. The van der Waals surface area contributed by atoms with Crippen LogP contribution >= 0.6 is 0 Å². The summed E-state index contributed by atoms with van der Waals surface area (Å²) in [6, 6.07) is 11.1. The van der Waals surface area contributed by atoms with Crippen LogP contribution in [0.25, 0.3) is 0 Å². The van der Waals surface area contributed by atoms with Crippen LogP contribution in [-0.2, 0) is 0 Å². The Balaban J connectivity index is 2.00. The van der Waals surface area contributed by atoms with Crippen molar-refractivity contribution in [3.05, 3.63) is 35.9 Å². The smallest absolute Gasteiger partial charge is 0.191 e. The van der Waals surface area contributed by atoms with Crippen molar-refractivity contribution >= 4 is 5.96 Å². The Morgan fingerprint density at radius 2 is 1.78 bits per heavy atom. The number of piperidine rings is 1. The van der Waals surface area contributed by atoms with Crippen LogP contribution in [0.15, 0.2) is 35.3 Å². The van der Waals surface area contributed by atoms with Crippen LogP contribution < -0.4 is 10.6 Å². The highest BCUT2D eigenvalue weighted by Gasteiger charge is 2.19.